The number of hydrogen-bond donors (Lipinski definition) is 1. The van der Waals surface area contributed by atoms with Crippen LogP contribution in [-0.2, 0) is 13.1 Å². The zero-order valence-electron chi connectivity index (χ0n) is 9.28. The minimum Gasteiger partial charge on any atom is -0.379 e. The highest BCUT2D eigenvalue weighted by atomic mass is 127. The van der Waals surface area contributed by atoms with Gasteiger partial charge in [0.1, 0.15) is 0 Å². The topological polar surface area (TPSA) is 17.0 Å². The van der Waals surface area contributed by atoms with E-state index in [0.717, 1.165) is 13.1 Å². The van der Waals surface area contributed by atoms with Crippen LogP contribution in [0.1, 0.15) is 12.6 Å². The van der Waals surface area contributed by atoms with Crippen molar-refractivity contribution in [3.63, 3.8) is 0 Å². The molecular weight excluding hydrogens is 311 g/mol. The second-order valence-electron chi connectivity index (χ2n) is 3.65. The van der Waals surface area contributed by atoms with Crippen molar-refractivity contribution in [1.29, 1.82) is 0 Å². The van der Waals surface area contributed by atoms with Gasteiger partial charge in [-0.2, -0.15) is 0 Å². The van der Waals surface area contributed by atoms with E-state index in [1.165, 1.54) is 15.0 Å². The molecule has 1 N–H and O–H groups in total. The van der Waals surface area contributed by atoms with Gasteiger partial charge in [0.15, 0.2) is 0 Å². The summed E-state index contributed by atoms with van der Waals surface area (Å²) in [5.74, 6) is 0. The Hall–Kier alpha value is -0.970. The number of benzene rings is 1. The highest BCUT2D eigenvalue weighted by Gasteiger charge is 1.99. The molecule has 0 amide bonds. The molecule has 3 heteroatoms. The maximum Gasteiger partial charge on any atom is 0.0553 e. The number of anilines is 1. The zero-order valence-corrected chi connectivity index (χ0v) is 11.4. The van der Waals surface area contributed by atoms with Crippen molar-refractivity contribution in [2.75, 3.05) is 5.32 Å². The molecule has 2 nitrogen and oxygen atoms in total. The third-order valence-corrected chi connectivity index (χ3v) is 3.23. The van der Waals surface area contributed by atoms with Gasteiger partial charge in [-0.15, -0.1) is 0 Å². The first-order valence-electron chi connectivity index (χ1n) is 5.43. The van der Waals surface area contributed by atoms with Gasteiger partial charge in [0.25, 0.3) is 0 Å². The first-order valence-corrected chi connectivity index (χ1v) is 6.51. The first-order chi connectivity index (χ1) is 7.79. The van der Waals surface area contributed by atoms with E-state index < -0.39 is 0 Å². The fourth-order valence-corrected chi connectivity index (χ4v) is 2.25. The monoisotopic (exact) mass is 326 g/mol. The third kappa shape index (κ3) is 2.78. The SMILES string of the molecule is CCn1cccc1CNc1cccc(I)c1. The van der Waals surface area contributed by atoms with Gasteiger partial charge in [-0.05, 0) is 59.8 Å². The number of hydrogen-bond acceptors (Lipinski definition) is 1. The Labute approximate surface area is 110 Å². The van der Waals surface area contributed by atoms with Gasteiger partial charge in [0.2, 0.25) is 0 Å². The largest absolute Gasteiger partial charge is 0.379 e. The van der Waals surface area contributed by atoms with Crippen LogP contribution in [0.4, 0.5) is 5.69 Å². The van der Waals surface area contributed by atoms with Crippen LogP contribution in [0.3, 0.4) is 0 Å². The summed E-state index contributed by atoms with van der Waals surface area (Å²) in [6.07, 6.45) is 2.12. The number of rotatable bonds is 4. The fourth-order valence-electron chi connectivity index (χ4n) is 1.71. The lowest BCUT2D eigenvalue weighted by Crippen LogP contribution is -2.05. The highest BCUT2D eigenvalue weighted by Crippen LogP contribution is 2.13. The molecule has 1 aromatic carbocycles. The lowest BCUT2D eigenvalue weighted by Gasteiger charge is -2.09. The Morgan fingerprint density at radius 1 is 1.25 bits per heavy atom. The number of aromatic nitrogens is 1. The van der Waals surface area contributed by atoms with Crippen LogP contribution >= 0.6 is 22.6 Å². The average molecular weight is 326 g/mol. The van der Waals surface area contributed by atoms with Crippen LogP contribution in [0, 0.1) is 3.57 Å². The van der Waals surface area contributed by atoms with Gasteiger partial charge >= 0.3 is 0 Å². The molecule has 84 valence electrons. The number of aryl methyl sites for hydroxylation is 1. The lowest BCUT2D eigenvalue weighted by molar-refractivity contribution is 0.724. The molecule has 0 fully saturated rings. The minimum atomic E-state index is 0.876. The van der Waals surface area contributed by atoms with E-state index in [9.17, 15) is 0 Å². The summed E-state index contributed by atoms with van der Waals surface area (Å²) in [5, 5.41) is 3.44. The molecular formula is C13H15IN2. The molecule has 0 saturated carbocycles. The molecule has 0 spiro atoms. The molecule has 0 radical (unpaired) electrons. The van der Waals surface area contributed by atoms with E-state index in [0.29, 0.717) is 0 Å². The van der Waals surface area contributed by atoms with Gasteiger partial charge < -0.3 is 9.88 Å². The second kappa shape index (κ2) is 5.39. The zero-order chi connectivity index (χ0) is 11.4. The summed E-state index contributed by atoms with van der Waals surface area (Å²) in [6.45, 7) is 4.06. The van der Waals surface area contributed by atoms with E-state index >= 15 is 0 Å². The van der Waals surface area contributed by atoms with Crippen LogP contribution in [0.15, 0.2) is 42.6 Å². The van der Waals surface area contributed by atoms with E-state index in [4.69, 9.17) is 0 Å². The molecule has 0 saturated heterocycles. The summed E-state index contributed by atoms with van der Waals surface area (Å²) in [6, 6.07) is 12.7. The standard InChI is InChI=1S/C13H15IN2/c1-2-16-8-4-7-13(16)10-15-12-6-3-5-11(14)9-12/h3-9,15H,2,10H2,1H3. The van der Waals surface area contributed by atoms with Gasteiger partial charge in [0, 0.05) is 27.7 Å². The van der Waals surface area contributed by atoms with E-state index in [-0.39, 0.29) is 0 Å². The van der Waals surface area contributed by atoms with Crippen LogP contribution in [0.2, 0.25) is 0 Å². The predicted octanol–water partition coefficient (Wildman–Crippen LogP) is 3.72. The van der Waals surface area contributed by atoms with E-state index in [1.807, 2.05) is 0 Å². The molecule has 0 aliphatic carbocycles. The van der Waals surface area contributed by atoms with Crippen molar-refractivity contribution >= 4 is 28.3 Å². The second-order valence-corrected chi connectivity index (χ2v) is 4.90. The maximum absolute atomic E-state index is 3.44. The lowest BCUT2D eigenvalue weighted by atomic mass is 10.3. The quantitative estimate of drug-likeness (QED) is 0.848. The Morgan fingerprint density at radius 3 is 2.88 bits per heavy atom. The van der Waals surface area contributed by atoms with Crippen LogP contribution in [0.5, 0.6) is 0 Å². The Balaban J connectivity index is 2.02. The van der Waals surface area contributed by atoms with Crippen molar-refractivity contribution in [2.45, 2.75) is 20.0 Å². The van der Waals surface area contributed by atoms with Crippen LogP contribution in [-0.4, -0.2) is 4.57 Å². The molecule has 2 rings (SSSR count). The molecule has 0 aliphatic rings. The number of nitrogens with one attached hydrogen (secondary N) is 1. The molecule has 0 bridgehead atoms. The maximum atomic E-state index is 3.44. The third-order valence-electron chi connectivity index (χ3n) is 2.56. The van der Waals surface area contributed by atoms with Gasteiger partial charge in [-0.25, -0.2) is 0 Å². The molecule has 16 heavy (non-hydrogen) atoms. The first kappa shape index (κ1) is 11.5. The van der Waals surface area contributed by atoms with E-state index in [2.05, 4.69) is 82.0 Å². The Morgan fingerprint density at radius 2 is 2.12 bits per heavy atom. The Bertz CT molecular complexity index is 462. The van der Waals surface area contributed by atoms with Gasteiger partial charge in [-0.1, -0.05) is 6.07 Å². The summed E-state index contributed by atoms with van der Waals surface area (Å²) in [5.41, 5.74) is 2.50. The number of nitrogens with zero attached hydrogens (tertiary/aromatic N) is 1. The number of halogens is 1. The van der Waals surface area contributed by atoms with Crippen molar-refractivity contribution < 1.29 is 0 Å². The van der Waals surface area contributed by atoms with E-state index in [1.54, 1.807) is 0 Å². The normalized spacial score (nSPS) is 10.4. The smallest absolute Gasteiger partial charge is 0.0553 e. The average Bonchev–Trinajstić information content (AvgIpc) is 2.74. The predicted molar refractivity (Wildman–Crippen MR) is 76.6 cm³/mol. The van der Waals surface area contributed by atoms with Crippen LogP contribution < -0.4 is 5.32 Å². The van der Waals surface area contributed by atoms with Crippen molar-refractivity contribution in [2.24, 2.45) is 0 Å². The summed E-state index contributed by atoms with van der Waals surface area (Å²) in [7, 11) is 0. The fraction of sp³-hybridized carbons (Fsp3) is 0.231. The van der Waals surface area contributed by atoms with Crippen LogP contribution in [0.25, 0.3) is 0 Å². The van der Waals surface area contributed by atoms with Crippen molar-refractivity contribution in [1.82, 2.24) is 4.57 Å². The molecule has 0 unspecified atom stereocenters. The van der Waals surface area contributed by atoms with Crippen molar-refractivity contribution in [3.8, 4) is 0 Å². The van der Waals surface area contributed by atoms with Crippen molar-refractivity contribution in [3.05, 3.63) is 51.9 Å². The highest BCUT2D eigenvalue weighted by molar-refractivity contribution is 14.1. The molecule has 1 aromatic heterocycles. The van der Waals surface area contributed by atoms with Gasteiger partial charge in [0.05, 0.1) is 6.54 Å². The summed E-state index contributed by atoms with van der Waals surface area (Å²) < 4.78 is 3.51. The molecule has 1 heterocycles. The molecule has 0 aliphatic heterocycles. The summed E-state index contributed by atoms with van der Waals surface area (Å²) in [4.78, 5) is 0. The summed E-state index contributed by atoms with van der Waals surface area (Å²) >= 11 is 2.33. The Kier molecular flexibility index (Phi) is 3.88. The molecule has 2 aromatic rings. The minimum absolute atomic E-state index is 0.876. The van der Waals surface area contributed by atoms with Gasteiger partial charge in [-0.3, -0.25) is 0 Å². The molecule has 0 atom stereocenters.